The standard InChI is InChI=1S/C21H19N/c1-2-11-22-13-20-16-8-4-3-7-15(16)18-12-21(20,14-22)19-10-6-5-9-17(18)19/h1,3-10,18,20H,11-14H2. The van der Waals surface area contributed by atoms with Gasteiger partial charge in [-0.15, -0.1) is 6.42 Å². The molecule has 0 radical (unpaired) electrons. The maximum absolute atomic E-state index is 5.59. The first-order valence-corrected chi connectivity index (χ1v) is 8.17. The predicted octanol–water partition coefficient (Wildman–Crippen LogP) is 3.51. The molecule has 1 nitrogen and oxygen atoms in total. The molecule has 0 saturated carbocycles. The van der Waals surface area contributed by atoms with Gasteiger partial charge >= 0.3 is 0 Å². The van der Waals surface area contributed by atoms with Crippen LogP contribution in [0.4, 0.5) is 0 Å². The zero-order chi connectivity index (χ0) is 14.7. The number of benzene rings is 2. The largest absolute Gasteiger partial charge is 0.291 e. The summed E-state index contributed by atoms with van der Waals surface area (Å²) < 4.78 is 0. The van der Waals surface area contributed by atoms with Crippen molar-refractivity contribution in [2.75, 3.05) is 19.6 Å². The second-order valence-electron chi connectivity index (χ2n) is 7.06. The summed E-state index contributed by atoms with van der Waals surface area (Å²) in [5.74, 6) is 4.02. The summed E-state index contributed by atoms with van der Waals surface area (Å²) in [6, 6.07) is 18.2. The normalized spacial score (nSPS) is 31.2. The van der Waals surface area contributed by atoms with Crippen LogP contribution in [0.3, 0.4) is 0 Å². The van der Waals surface area contributed by atoms with Crippen LogP contribution < -0.4 is 0 Å². The molecule has 3 unspecified atom stereocenters. The Hall–Kier alpha value is -2.04. The average molecular weight is 285 g/mol. The highest BCUT2D eigenvalue weighted by atomic mass is 15.2. The van der Waals surface area contributed by atoms with Gasteiger partial charge in [0.15, 0.2) is 0 Å². The molecule has 0 amide bonds. The van der Waals surface area contributed by atoms with Crippen molar-refractivity contribution in [2.24, 2.45) is 0 Å². The summed E-state index contributed by atoms with van der Waals surface area (Å²) >= 11 is 0. The van der Waals surface area contributed by atoms with Gasteiger partial charge in [0, 0.05) is 30.3 Å². The van der Waals surface area contributed by atoms with Gasteiger partial charge < -0.3 is 0 Å². The van der Waals surface area contributed by atoms with Crippen molar-refractivity contribution in [3.63, 3.8) is 0 Å². The smallest absolute Gasteiger partial charge is 0.0599 e. The monoisotopic (exact) mass is 285 g/mol. The van der Waals surface area contributed by atoms with E-state index >= 15 is 0 Å². The molecule has 1 spiro atoms. The first kappa shape index (κ1) is 12.5. The van der Waals surface area contributed by atoms with Crippen LogP contribution in [0.25, 0.3) is 0 Å². The Balaban J connectivity index is 1.77. The Morgan fingerprint density at radius 2 is 1.77 bits per heavy atom. The summed E-state index contributed by atoms with van der Waals surface area (Å²) in [5.41, 5.74) is 6.54. The molecule has 2 aromatic carbocycles. The van der Waals surface area contributed by atoms with Crippen molar-refractivity contribution in [1.82, 2.24) is 4.90 Å². The lowest BCUT2D eigenvalue weighted by atomic mass is 9.65. The second kappa shape index (κ2) is 4.24. The number of likely N-dealkylation sites (tertiary alicyclic amines) is 1. The maximum Gasteiger partial charge on any atom is 0.0599 e. The average Bonchev–Trinajstić information content (AvgIpc) is 3.07. The summed E-state index contributed by atoms with van der Waals surface area (Å²) in [7, 11) is 0. The van der Waals surface area contributed by atoms with E-state index in [9.17, 15) is 0 Å². The van der Waals surface area contributed by atoms with Gasteiger partial charge in [-0.2, -0.15) is 0 Å². The van der Waals surface area contributed by atoms with Crippen molar-refractivity contribution in [1.29, 1.82) is 0 Å². The van der Waals surface area contributed by atoms with Gasteiger partial charge in [0.2, 0.25) is 0 Å². The molecular formula is C21H19N. The van der Waals surface area contributed by atoms with E-state index in [-0.39, 0.29) is 5.41 Å². The quantitative estimate of drug-likeness (QED) is 0.725. The van der Waals surface area contributed by atoms with Crippen LogP contribution in [-0.2, 0) is 5.41 Å². The van der Waals surface area contributed by atoms with E-state index in [0.717, 1.165) is 19.6 Å². The molecule has 1 saturated heterocycles. The minimum atomic E-state index is 0.284. The lowest BCUT2D eigenvalue weighted by molar-refractivity contribution is 0.332. The summed E-state index contributed by atoms with van der Waals surface area (Å²) in [5, 5.41) is 0. The third-order valence-electron chi connectivity index (χ3n) is 6.12. The van der Waals surface area contributed by atoms with E-state index in [4.69, 9.17) is 6.42 Å². The molecule has 2 bridgehead atoms. The van der Waals surface area contributed by atoms with Crippen LogP contribution in [0.1, 0.15) is 40.5 Å². The van der Waals surface area contributed by atoms with E-state index in [1.807, 2.05) is 0 Å². The SMILES string of the molecule is C#CCN1CC2c3ccccc3C3CC2(C1)c1ccccc13. The molecule has 1 heteroatoms. The second-order valence-corrected chi connectivity index (χ2v) is 7.06. The Morgan fingerprint density at radius 3 is 2.59 bits per heavy atom. The highest BCUT2D eigenvalue weighted by Crippen LogP contribution is 2.62. The zero-order valence-electron chi connectivity index (χ0n) is 12.6. The Morgan fingerprint density at radius 1 is 1.05 bits per heavy atom. The fourth-order valence-electron chi connectivity index (χ4n) is 5.39. The molecular weight excluding hydrogens is 266 g/mol. The minimum Gasteiger partial charge on any atom is -0.291 e. The van der Waals surface area contributed by atoms with Crippen molar-refractivity contribution in [3.05, 3.63) is 70.8 Å². The molecule has 22 heavy (non-hydrogen) atoms. The molecule has 1 aliphatic heterocycles. The fourth-order valence-corrected chi connectivity index (χ4v) is 5.39. The maximum atomic E-state index is 5.59. The first-order chi connectivity index (χ1) is 10.8. The first-order valence-electron chi connectivity index (χ1n) is 8.17. The highest BCUT2D eigenvalue weighted by Gasteiger charge is 2.57. The van der Waals surface area contributed by atoms with Gasteiger partial charge in [-0.3, -0.25) is 4.90 Å². The van der Waals surface area contributed by atoms with E-state index in [1.165, 1.54) is 6.42 Å². The van der Waals surface area contributed by atoms with Crippen LogP contribution in [-0.4, -0.2) is 24.5 Å². The molecule has 0 aromatic heterocycles. The number of rotatable bonds is 1. The molecule has 2 aromatic rings. The van der Waals surface area contributed by atoms with Gasteiger partial charge in [-0.1, -0.05) is 54.5 Å². The van der Waals surface area contributed by atoms with Gasteiger partial charge in [-0.25, -0.2) is 0 Å². The van der Waals surface area contributed by atoms with Gasteiger partial charge in [0.05, 0.1) is 6.54 Å². The highest BCUT2D eigenvalue weighted by molar-refractivity contribution is 5.58. The number of terminal acetylenes is 1. The topological polar surface area (TPSA) is 3.24 Å². The molecule has 1 fully saturated rings. The number of hydrogen-bond acceptors (Lipinski definition) is 1. The molecule has 2 aliphatic carbocycles. The van der Waals surface area contributed by atoms with Crippen molar-refractivity contribution >= 4 is 0 Å². The summed E-state index contributed by atoms with van der Waals surface area (Å²) in [4.78, 5) is 2.48. The van der Waals surface area contributed by atoms with Crippen LogP contribution in [0.5, 0.6) is 0 Å². The minimum absolute atomic E-state index is 0.284. The Bertz CT molecular complexity index is 789. The van der Waals surface area contributed by atoms with Crippen LogP contribution >= 0.6 is 0 Å². The zero-order valence-corrected chi connectivity index (χ0v) is 12.6. The van der Waals surface area contributed by atoms with Crippen molar-refractivity contribution in [2.45, 2.75) is 23.7 Å². The van der Waals surface area contributed by atoms with Gasteiger partial charge in [0.1, 0.15) is 0 Å². The van der Waals surface area contributed by atoms with Crippen molar-refractivity contribution < 1.29 is 0 Å². The Labute approximate surface area is 132 Å². The van der Waals surface area contributed by atoms with E-state index in [0.29, 0.717) is 11.8 Å². The van der Waals surface area contributed by atoms with Gasteiger partial charge in [0.25, 0.3) is 0 Å². The lowest BCUT2D eigenvalue weighted by Gasteiger charge is -2.37. The number of nitrogens with zero attached hydrogens (tertiary/aromatic N) is 1. The van der Waals surface area contributed by atoms with Crippen LogP contribution in [0, 0.1) is 12.3 Å². The van der Waals surface area contributed by atoms with E-state index in [1.54, 1.807) is 22.3 Å². The third kappa shape index (κ3) is 1.39. The molecule has 3 aliphatic rings. The third-order valence-corrected chi connectivity index (χ3v) is 6.12. The van der Waals surface area contributed by atoms with Crippen LogP contribution in [0.15, 0.2) is 48.5 Å². The van der Waals surface area contributed by atoms with Crippen LogP contribution in [0.2, 0.25) is 0 Å². The summed E-state index contributed by atoms with van der Waals surface area (Å²) in [6.07, 6.45) is 6.85. The lowest BCUT2D eigenvalue weighted by Crippen LogP contribution is -2.35. The molecule has 5 rings (SSSR count). The van der Waals surface area contributed by atoms with Gasteiger partial charge in [-0.05, 0) is 28.7 Å². The summed E-state index contributed by atoms with van der Waals surface area (Å²) in [6.45, 7) is 2.99. The predicted molar refractivity (Wildman–Crippen MR) is 89.0 cm³/mol. The number of hydrogen-bond donors (Lipinski definition) is 0. The molecule has 3 atom stereocenters. The number of fused-ring (bicyclic) bond motifs is 3. The molecule has 108 valence electrons. The van der Waals surface area contributed by atoms with E-state index < -0.39 is 0 Å². The molecule has 0 N–H and O–H groups in total. The fraction of sp³-hybridized carbons (Fsp3) is 0.333. The molecule has 1 heterocycles. The van der Waals surface area contributed by atoms with Crippen molar-refractivity contribution in [3.8, 4) is 12.3 Å². The Kier molecular flexibility index (Phi) is 2.41. The van der Waals surface area contributed by atoms with E-state index in [2.05, 4.69) is 59.4 Å².